The zero-order chi connectivity index (χ0) is 16.4. The van der Waals surface area contributed by atoms with Crippen LogP contribution in [0.25, 0.3) is 0 Å². The smallest absolute Gasteiger partial charge is 0.254 e. The van der Waals surface area contributed by atoms with Crippen molar-refractivity contribution >= 4 is 11.6 Å². The summed E-state index contributed by atoms with van der Waals surface area (Å²) in [5.41, 5.74) is 8.18. The number of carbonyl (C=O) groups is 1. The lowest BCUT2D eigenvalue weighted by molar-refractivity contribution is 0.0677. The minimum absolute atomic E-state index is 0.0812. The Kier molecular flexibility index (Phi) is 4.37. The van der Waals surface area contributed by atoms with Crippen LogP contribution in [0.5, 0.6) is 0 Å². The van der Waals surface area contributed by atoms with E-state index in [-0.39, 0.29) is 5.91 Å². The zero-order valence-corrected chi connectivity index (χ0v) is 13.8. The summed E-state index contributed by atoms with van der Waals surface area (Å²) >= 11 is 0. The molecule has 122 valence electrons. The lowest BCUT2D eigenvalue weighted by Gasteiger charge is -2.34. The molecule has 0 radical (unpaired) electrons. The van der Waals surface area contributed by atoms with Gasteiger partial charge in [0.1, 0.15) is 5.82 Å². The number of piperidine rings is 1. The first-order chi connectivity index (χ1) is 11.1. The Bertz CT molecular complexity index is 707. The molecule has 0 aliphatic carbocycles. The number of nitrogens with zero attached hydrogens (tertiary/aromatic N) is 3. The van der Waals surface area contributed by atoms with Crippen molar-refractivity contribution in [3.05, 3.63) is 47.5 Å². The van der Waals surface area contributed by atoms with Gasteiger partial charge in [0.2, 0.25) is 0 Å². The van der Waals surface area contributed by atoms with Crippen molar-refractivity contribution in [1.82, 2.24) is 14.5 Å². The molecular weight excluding hydrogens is 288 g/mol. The summed E-state index contributed by atoms with van der Waals surface area (Å²) in [5, 5.41) is 0. The minimum Gasteiger partial charge on any atom is -0.399 e. The predicted octanol–water partition coefficient (Wildman–Crippen LogP) is 2.81. The molecule has 2 N–H and O–H groups in total. The number of carbonyl (C=O) groups excluding carboxylic acids is 1. The van der Waals surface area contributed by atoms with Crippen LogP contribution in [0.4, 0.5) is 5.69 Å². The molecule has 0 bridgehead atoms. The number of benzene rings is 1. The summed E-state index contributed by atoms with van der Waals surface area (Å²) < 4.78 is 2.23. The molecule has 0 spiro atoms. The maximum absolute atomic E-state index is 12.9. The second-order valence-electron chi connectivity index (χ2n) is 6.23. The maximum atomic E-state index is 12.9. The van der Waals surface area contributed by atoms with Crippen molar-refractivity contribution < 1.29 is 4.79 Å². The molecule has 1 unspecified atom stereocenters. The van der Waals surface area contributed by atoms with Crippen molar-refractivity contribution in [2.45, 2.75) is 39.2 Å². The molecule has 0 saturated carbocycles. The van der Waals surface area contributed by atoms with E-state index in [1.54, 1.807) is 6.07 Å². The van der Waals surface area contributed by atoms with Crippen LogP contribution >= 0.6 is 0 Å². The number of nitrogen functional groups attached to an aromatic ring is 1. The molecule has 5 heteroatoms. The Hall–Kier alpha value is -2.30. The van der Waals surface area contributed by atoms with Crippen LogP contribution in [0.2, 0.25) is 0 Å². The molecule has 1 amide bonds. The standard InChI is InChI=1S/C18H24N4O/c1-3-17-20-8-10-22(17)15-5-4-9-21(12-15)18(23)16-11-14(19)7-6-13(16)2/h6-8,10-11,15H,3-5,9,12,19H2,1-2H3. The lowest BCUT2D eigenvalue weighted by atomic mass is 10.0. The van der Waals surface area contributed by atoms with Gasteiger partial charge in [0, 0.05) is 43.2 Å². The summed E-state index contributed by atoms with van der Waals surface area (Å²) in [4.78, 5) is 19.2. The second-order valence-corrected chi connectivity index (χ2v) is 6.23. The minimum atomic E-state index is 0.0812. The van der Waals surface area contributed by atoms with Crippen LogP contribution in [0, 0.1) is 6.92 Å². The van der Waals surface area contributed by atoms with E-state index in [1.165, 1.54) is 0 Å². The summed E-state index contributed by atoms with van der Waals surface area (Å²) in [7, 11) is 0. The number of likely N-dealkylation sites (tertiary alicyclic amines) is 1. The van der Waals surface area contributed by atoms with Crippen molar-refractivity contribution in [3.8, 4) is 0 Å². The van der Waals surface area contributed by atoms with E-state index in [0.717, 1.165) is 43.7 Å². The number of aryl methyl sites for hydroxylation is 2. The highest BCUT2D eigenvalue weighted by atomic mass is 16.2. The molecular formula is C18H24N4O. The van der Waals surface area contributed by atoms with E-state index in [2.05, 4.69) is 16.5 Å². The molecule has 1 fully saturated rings. The zero-order valence-electron chi connectivity index (χ0n) is 13.8. The Morgan fingerprint density at radius 1 is 1.43 bits per heavy atom. The van der Waals surface area contributed by atoms with Crippen LogP contribution in [-0.2, 0) is 6.42 Å². The quantitative estimate of drug-likeness (QED) is 0.886. The maximum Gasteiger partial charge on any atom is 0.254 e. The van der Waals surface area contributed by atoms with Gasteiger partial charge >= 0.3 is 0 Å². The number of rotatable bonds is 3. The number of hydrogen-bond donors (Lipinski definition) is 1. The highest BCUT2D eigenvalue weighted by Gasteiger charge is 2.27. The lowest BCUT2D eigenvalue weighted by Crippen LogP contribution is -2.41. The SMILES string of the molecule is CCc1nccn1C1CCCN(C(=O)c2cc(N)ccc2C)C1. The first kappa shape index (κ1) is 15.6. The van der Waals surface area contributed by atoms with Crippen molar-refractivity contribution in [1.29, 1.82) is 0 Å². The third-order valence-electron chi connectivity index (χ3n) is 4.63. The Labute approximate surface area is 137 Å². The van der Waals surface area contributed by atoms with Gasteiger partial charge in [-0.05, 0) is 37.5 Å². The van der Waals surface area contributed by atoms with Gasteiger partial charge in [0.15, 0.2) is 0 Å². The number of imidazole rings is 1. The van der Waals surface area contributed by atoms with Gasteiger partial charge in [0.25, 0.3) is 5.91 Å². The largest absolute Gasteiger partial charge is 0.399 e. The fraction of sp³-hybridized carbons (Fsp3) is 0.444. The Morgan fingerprint density at radius 3 is 3.04 bits per heavy atom. The average Bonchev–Trinajstić information content (AvgIpc) is 3.05. The van der Waals surface area contributed by atoms with Gasteiger partial charge in [-0.15, -0.1) is 0 Å². The van der Waals surface area contributed by atoms with Crippen molar-refractivity contribution in [2.24, 2.45) is 0 Å². The van der Waals surface area contributed by atoms with E-state index in [4.69, 9.17) is 5.73 Å². The normalized spacial score (nSPS) is 18.2. The van der Waals surface area contributed by atoms with Crippen LogP contribution in [0.3, 0.4) is 0 Å². The van der Waals surface area contributed by atoms with Gasteiger partial charge < -0.3 is 15.2 Å². The highest BCUT2D eigenvalue weighted by Crippen LogP contribution is 2.25. The van der Waals surface area contributed by atoms with Gasteiger partial charge in [-0.3, -0.25) is 4.79 Å². The fourth-order valence-corrected chi connectivity index (χ4v) is 3.36. The van der Waals surface area contributed by atoms with Crippen LogP contribution in [-0.4, -0.2) is 33.4 Å². The molecule has 1 aliphatic rings. The number of amides is 1. The second kappa shape index (κ2) is 6.44. The monoisotopic (exact) mass is 312 g/mol. The van der Waals surface area contributed by atoms with Gasteiger partial charge in [-0.1, -0.05) is 13.0 Å². The summed E-state index contributed by atoms with van der Waals surface area (Å²) in [6.07, 6.45) is 6.89. The third kappa shape index (κ3) is 3.09. The Morgan fingerprint density at radius 2 is 2.26 bits per heavy atom. The molecule has 1 saturated heterocycles. The van der Waals surface area contributed by atoms with Crippen molar-refractivity contribution in [2.75, 3.05) is 18.8 Å². The van der Waals surface area contributed by atoms with Crippen LogP contribution < -0.4 is 5.73 Å². The van der Waals surface area contributed by atoms with Gasteiger partial charge in [-0.2, -0.15) is 0 Å². The molecule has 23 heavy (non-hydrogen) atoms. The van der Waals surface area contributed by atoms with Gasteiger partial charge in [-0.25, -0.2) is 4.98 Å². The van der Waals surface area contributed by atoms with E-state index in [9.17, 15) is 4.79 Å². The van der Waals surface area contributed by atoms with Crippen LogP contribution in [0.15, 0.2) is 30.6 Å². The molecule has 1 atom stereocenters. The number of nitrogens with two attached hydrogens (primary N) is 1. The third-order valence-corrected chi connectivity index (χ3v) is 4.63. The first-order valence-corrected chi connectivity index (χ1v) is 8.27. The topological polar surface area (TPSA) is 64.2 Å². The van der Waals surface area contributed by atoms with Crippen molar-refractivity contribution in [3.63, 3.8) is 0 Å². The van der Waals surface area contributed by atoms with E-state index in [1.807, 2.05) is 36.4 Å². The molecule has 1 aliphatic heterocycles. The first-order valence-electron chi connectivity index (χ1n) is 8.27. The molecule has 3 rings (SSSR count). The number of anilines is 1. The summed E-state index contributed by atoms with van der Waals surface area (Å²) in [5.74, 6) is 1.17. The molecule has 2 heterocycles. The Balaban J connectivity index is 1.81. The van der Waals surface area contributed by atoms with E-state index in [0.29, 0.717) is 17.3 Å². The fourth-order valence-electron chi connectivity index (χ4n) is 3.36. The molecule has 1 aromatic carbocycles. The number of hydrogen-bond acceptors (Lipinski definition) is 3. The van der Waals surface area contributed by atoms with E-state index < -0.39 is 0 Å². The molecule has 2 aromatic rings. The number of aromatic nitrogens is 2. The van der Waals surface area contributed by atoms with Crippen LogP contribution in [0.1, 0.15) is 47.6 Å². The molecule has 5 nitrogen and oxygen atoms in total. The summed E-state index contributed by atoms with van der Waals surface area (Å²) in [6.45, 7) is 5.61. The average molecular weight is 312 g/mol. The van der Waals surface area contributed by atoms with E-state index >= 15 is 0 Å². The van der Waals surface area contributed by atoms with Gasteiger partial charge in [0.05, 0.1) is 6.04 Å². The predicted molar refractivity (Wildman–Crippen MR) is 91.4 cm³/mol. The molecule has 1 aromatic heterocycles. The summed E-state index contributed by atoms with van der Waals surface area (Å²) in [6, 6.07) is 5.85. The highest BCUT2D eigenvalue weighted by molar-refractivity contribution is 5.96.